The SMILES string of the molecule is c1ccc(-c2ccc(N(c3cc4oc(-c5ccccc5)nc4c4c3sc3ccccc34)c3cccc4sc5ccccc5c34)cc2)cc1. The summed E-state index contributed by atoms with van der Waals surface area (Å²) < 4.78 is 11.6. The number of aromatic nitrogens is 1. The van der Waals surface area contributed by atoms with E-state index in [0.717, 1.165) is 39.1 Å². The van der Waals surface area contributed by atoms with Crippen molar-refractivity contribution in [2.24, 2.45) is 0 Å². The summed E-state index contributed by atoms with van der Waals surface area (Å²) in [5.41, 5.74) is 8.30. The highest BCUT2D eigenvalue weighted by Crippen LogP contribution is 2.51. The lowest BCUT2D eigenvalue weighted by Crippen LogP contribution is -2.10. The van der Waals surface area contributed by atoms with Crippen LogP contribution in [0.15, 0.2) is 162 Å². The van der Waals surface area contributed by atoms with E-state index in [9.17, 15) is 0 Å². The highest BCUT2D eigenvalue weighted by Gasteiger charge is 2.25. The molecule has 0 fully saturated rings. The summed E-state index contributed by atoms with van der Waals surface area (Å²) in [6.07, 6.45) is 0. The van der Waals surface area contributed by atoms with Crippen LogP contribution in [0.25, 0.3) is 74.0 Å². The average Bonchev–Trinajstić information content (AvgIpc) is 3.86. The summed E-state index contributed by atoms with van der Waals surface area (Å²) in [5, 5.41) is 4.83. The van der Waals surface area contributed by atoms with Crippen molar-refractivity contribution < 1.29 is 4.42 Å². The maximum Gasteiger partial charge on any atom is 0.227 e. The van der Waals surface area contributed by atoms with Crippen LogP contribution in [0.3, 0.4) is 0 Å². The summed E-state index contributed by atoms with van der Waals surface area (Å²) in [6.45, 7) is 0. The minimum absolute atomic E-state index is 0.629. The van der Waals surface area contributed by atoms with E-state index < -0.39 is 0 Å². The van der Waals surface area contributed by atoms with Gasteiger partial charge >= 0.3 is 0 Å². The minimum Gasteiger partial charge on any atom is -0.436 e. The van der Waals surface area contributed by atoms with Crippen molar-refractivity contribution in [3.8, 4) is 22.6 Å². The number of rotatable bonds is 5. The summed E-state index contributed by atoms with van der Waals surface area (Å²) in [7, 11) is 0. The van der Waals surface area contributed by atoms with E-state index in [1.165, 1.54) is 46.1 Å². The number of thiophene rings is 2. The summed E-state index contributed by atoms with van der Waals surface area (Å²) in [4.78, 5) is 7.56. The molecule has 5 heteroatoms. The first kappa shape index (κ1) is 27.4. The van der Waals surface area contributed by atoms with Gasteiger partial charge in [0.15, 0.2) is 5.58 Å². The molecule has 3 aromatic heterocycles. The van der Waals surface area contributed by atoms with Crippen molar-refractivity contribution in [1.82, 2.24) is 4.98 Å². The Balaban J connectivity index is 1.30. The molecule has 0 aliphatic carbocycles. The van der Waals surface area contributed by atoms with Gasteiger partial charge in [0.2, 0.25) is 5.89 Å². The van der Waals surface area contributed by atoms with Crippen LogP contribution in [-0.2, 0) is 0 Å². The fourth-order valence-electron chi connectivity index (χ4n) is 6.91. The molecule has 3 heterocycles. The van der Waals surface area contributed by atoms with E-state index in [0.29, 0.717) is 5.89 Å². The molecule has 7 aromatic carbocycles. The normalized spacial score (nSPS) is 11.8. The zero-order chi connectivity index (χ0) is 31.6. The molecule has 0 aliphatic heterocycles. The van der Waals surface area contributed by atoms with Crippen LogP contribution < -0.4 is 4.90 Å². The Morgan fingerprint density at radius 3 is 1.83 bits per heavy atom. The monoisotopic (exact) mass is 650 g/mol. The lowest BCUT2D eigenvalue weighted by Gasteiger charge is -2.27. The van der Waals surface area contributed by atoms with Gasteiger partial charge in [-0.15, -0.1) is 22.7 Å². The minimum atomic E-state index is 0.629. The van der Waals surface area contributed by atoms with Gasteiger partial charge in [0, 0.05) is 53.0 Å². The predicted octanol–water partition coefficient (Wildman–Crippen LogP) is 13.4. The first-order valence-corrected chi connectivity index (χ1v) is 17.6. The van der Waals surface area contributed by atoms with Crippen LogP contribution >= 0.6 is 22.7 Å². The molecular weight excluding hydrogens is 625 g/mol. The topological polar surface area (TPSA) is 29.3 Å². The summed E-state index contributed by atoms with van der Waals surface area (Å²) >= 11 is 3.66. The Morgan fingerprint density at radius 1 is 0.479 bits per heavy atom. The number of hydrogen-bond acceptors (Lipinski definition) is 5. The zero-order valence-electron chi connectivity index (χ0n) is 25.6. The van der Waals surface area contributed by atoms with Crippen LogP contribution in [0.5, 0.6) is 0 Å². The van der Waals surface area contributed by atoms with E-state index in [4.69, 9.17) is 9.40 Å². The van der Waals surface area contributed by atoms with Crippen LogP contribution in [0, 0.1) is 0 Å². The highest BCUT2D eigenvalue weighted by molar-refractivity contribution is 7.26. The van der Waals surface area contributed by atoms with Crippen molar-refractivity contribution >= 4 is 91.2 Å². The molecule has 0 aliphatic rings. The molecule has 0 amide bonds. The second kappa shape index (κ2) is 10.9. The molecule has 0 spiro atoms. The maximum absolute atomic E-state index is 6.63. The third-order valence-electron chi connectivity index (χ3n) is 9.10. The van der Waals surface area contributed by atoms with Crippen molar-refractivity contribution in [3.05, 3.63) is 158 Å². The molecule has 0 bridgehead atoms. The Labute approximate surface area is 284 Å². The zero-order valence-corrected chi connectivity index (χ0v) is 27.3. The first-order valence-electron chi connectivity index (χ1n) is 16.0. The van der Waals surface area contributed by atoms with Crippen LogP contribution in [0.1, 0.15) is 0 Å². The molecule has 0 saturated heterocycles. The molecule has 10 rings (SSSR count). The van der Waals surface area contributed by atoms with Crippen LogP contribution in [0.4, 0.5) is 17.1 Å². The number of anilines is 3. The number of benzene rings is 7. The lowest BCUT2D eigenvalue weighted by molar-refractivity contribution is 0.620. The smallest absolute Gasteiger partial charge is 0.227 e. The second-order valence-corrected chi connectivity index (χ2v) is 14.1. The number of oxazole rings is 1. The van der Waals surface area contributed by atoms with Crippen LogP contribution in [0.2, 0.25) is 0 Å². The second-order valence-electron chi connectivity index (χ2n) is 11.9. The van der Waals surface area contributed by atoms with Crippen molar-refractivity contribution in [2.75, 3.05) is 4.90 Å². The maximum atomic E-state index is 6.63. The standard InChI is InChI=1S/C43H26N2OS2/c1-3-12-27(13-4-1)28-22-24-30(25-23-28)45(33-18-11-21-38-39(33)31-16-7-9-19-36(31)47-38)34-26-35-41(44-43(46-35)29-14-5-2-6-15-29)40-32-17-8-10-20-37(32)48-42(34)40/h1-26H. The largest absolute Gasteiger partial charge is 0.436 e. The Kier molecular flexibility index (Phi) is 6.22. The van der Waals surface area contributed by atoms with E-state index in [2.05, 4.69) is 144 Å². The Morgan fingerprint density at radius 2 is 1.08 bits per heavy atom. The van der Waals surface area contributed by atoms with Gasteiger partial charge in [-0.1, -0.05) is 103 Å². The molecule has 0 radical (unpaired) electrons. The number of hydrogen-bond donors (Lipinski definition) is 0. The highest BCUT2D eigenvalue weighted by atomic mass is 32.1. The molecule has 0 atom stereocenters. The van der Waals surface area contributed by atoms with E-state index in [1.807, 2.05) is 40.9 Å². The molecule has 0 N–H and O–H groups in total. The third kappa shape index (κ3) is 4.29. The Bertz CT molecular complexity index is 2780. The molecule has 0 unspecified atom stereocenters. The third-order valence-corrected chi connectivity index (χ3v) is 11.4. The molecule has 10 aromatic rings. The fraction of sp³-hybridized carbons (Fsp3) is 0. The molecular formula is C43H26N2OS2. The van der Waals surface area contributed by atoms with Crippen molar-refractivity contribution in [3.63, 3.8) is 0 Å². The predicted molar refractivity (Wildman–Crippen MR) is 205 cm³/mol. The quantitative estimate of drug-likeness (QED) is 0.186. The fourth-order valence-corrected chi connectivity index (χ4v) is 9.25. The molecule has 226 valence electrons. The van der Waals surface area contributed by atoms with Gasteiger partial charge in [-0.25, -0.2) is 4.98 Å². The summed E-state index contributed by atoms with van der Waals surface area (Å²) in [5.74, 6) is 0.629. The van der Waals surface area contributed by atoms with Gasteiger partial charge in [-0.05, 0) is 59.7 Å². The van der Waals surface area contributed by atoms with Crippen molar-refractivity contribution in [2.45, 2.75) is 0 Å². The van der Waals surface area contributed by atoms with Gasteiger partial charge < -0.3 is 9.32 Å². The lowest BCUT2D eigenvalue weighted by atomic mass is 10.0. The van der Waals surface area contributed by atoms with Gasteiger partial charge in [-0.3, -0.25) is 0 Å². The molecule has 3 nitrogen and oxygen atoms in total. The first-order chi connectivity index (χ1) is 23.8. The van der Waals surface area contributed by atoms with E-state index in [-0.39, 0.29) is 0 Å². The van der Waals surface area contributed by atoms with E-state index >= 15 is 0 Å². The average molecular weight is 651 g/mol. The van der Waals surface area contributed by atoms with Gasteiger partial charge in [0.1, 0.15) is 5.52 Å². The van der Waals surface area contributed by atoms with Crippen LogP contribution in [-0.4, -0.2) is 4.98 Å². The number of nitrogens with zero attached hydrogens (tertiary/aromatic N) is 2. The molecule has 0 saturated carbocycles. The van der Waals surface area contributed by atoms with Gasteiger partial charge in [0.05, 0.1) is 16.1 Å². The van der Waals surface area contributed by atoms with E-state index in [1.54, 1.807) is 0 Å². The number of fused-ring (bicyclic) bond motifs is 8. The molecule has 48 heavy (non-hydrogen) atoms. The van der Waals surface area contributed by atoms with Gasteiger partial charge in [0.25, 0.3) is 0 Å². The Hall–Kier alpha value is -5.75. The van der Waals surface area contributed by atoms with Crippen molar-refractivity contribution in [1.29, 1.82) is 0 Å². The summed E-state index contributed by atoms with van der Waals surface area (Å²) in [6, 6.07) is 55.9. The van der Waals surface area contributed by atoms with Gasteiger partial charge in [-0.2, -0.15) is 0 Å².